The number of hydrogen-bond acceptors (Lipinski definition) is 4. The Bertz CT molecular complexity index is 1160. The second-order valence-electron chi connectivity index (χ2n) is 8.86. The number of hydrogen-bond donors (Lipinski definition) is 2. The molecule has 7 nitrogen and oxygen atoms in total. The zero-order chi connectivity index (χ0) is 23.8. The van der Waals surface area contributed by atoms with Gasteiger partial charge in [0.1, 0.15) is 6.04 Å². The van der Waals surface area contributed by atoms with Gasteiger partial charge < -0.3 is 10.2 Å². The monoisotopic (exact) mass is 457 g/mol. The fourth-order valence-electron chi connectivity index (χ4n) is 4.02. The van der Waals surface area contributed by atoms with E-state index >= 15 is 0 Å². The van der Waals surface area contributed by atoms with Crippen LogP contribution >= 0.6 is 0 Å². The van der Waals surface area contributed by atoms with Crippen molar-refractivity contribution in [2.24, 2.45) is 5.92 Å². The molecule has 0 spiro atoms. The number of anilines is 2. The second kappa shape index (κ2) is 9.03. The van der Waals surface area contributed by atoms with Crippen LogP contribution in [0.15, 0.2) is 41.3 Å². The average molecular weight is 458 g/mol. The van der Waals surface area contributed by atoms with Crippen LogP contribution in [0.1, 0.15) is 44.4 Å². The number of amides is 2. The van der Waals surface area contributed by atoms with Crippen molar-refractivity contribution in [3.05, 3.63) is 53.1 Å². The maximum absolute atomic E-state index is 13.1. The first kappa shape index (κ1) is 23.9. The summed E-state index contributed by atoms with van der Waals surface area (Å²) in [6.45, 7) is 11.0. The Hall–Kier alpha value is -2.71. The summed E-state index contributed by atoms with van der Waals surface area (Å²) >= 11 is 0. The van der Waals surface area contributed by atoms with E-state index in [9.17, 15) is 18.0 Å². The quantitative estimate of drug-likeness (QED) is 0.694. The molecule has 0 fully saturated rings. The molecule has 2 aromatic carbocycles. The van der Waals surface area contributed by atoms with Crippen molar-refractivity contribution >= 4 is 33.2 Å². The molecule has 0 aliphatic carbocycles. The van der Waals surface area contributed by atoms with Crippen LogP contribution in [0.4, 0.5) is 11.4 Å². The van der Waals surface area contributed by atoms with Gasteiger partial charge in [-0.05, 0) is 80.1 Å². The zero-order valence-corrected chi connectivity index (χ0v) is 20.2. The lowest BCUT2D eigenvalue weighted by molar-refractivity contribution is -0.118. The van der Waals surface area contributed by atoms with Crippen LogP contribution in [-0.4, -0.2) is 32.3 Å². The number of nitrogens with zero attached hydrogens (tertiary/aromatic N) is 1. The van der Waals surface area contributed by atoms with Gasteiger partial charge in [-0.1, -0.05) is 19.9 Å². The topological polar surface area (TPSA) is 95.6 Å². The van der Waals surface area contributed by atoms with Gasteiger partial charge in [0.15, 0.2) is 0 Å². The standard InChI is InChI=1S/C24H31N3O4S/c1-14(2)23(24(29)25-20-8-7-15(3)16(4)11-20)26-32(30,31)21-9-10-22-19(13-21)12-17(5)27(22)18(6)28/h7-11,13-14,17,23,26H,12H2,1-6H3,(H,25,29)/t17-,23-/m0/s1. The molecule has 172 valence electrons. The highest BCUT2D eigenvalue weighted by Crippen LogP contribution is 2.34. The van der Waals surface area contributed by atoms with Gasteiger partial charge in [0.25, 0.3) is 0 Å². The highest BCUT2D eigenvalue weighted by Gasteiger charge is 2.32. The molecule has 2 N–H and O–H groups in total. The molecule has 3 rings (SSSR count). The van der Waals surface area contributed by atoms with Gasteiger partial charge in [0, 0.05) is 24.3 Å². The first-order valence-corrected chi connectivity index (χ1v) is 12.2. The summed E-state index contributed by atoms with van der Waals surface area (Å²) in [4.78, 5) is 26.6. The lowest BCUT2D eigenvalue weighted by Gasteiger charge is -2.22. The largest absolute Gasteiger partial charge is 0.325 e. The SMILES string of the molecule is CC(=O)N1c2ccc(S(=O)(=O)N[C@H](C(=O)Nc3ccc(C)c(C)c3)C(C)C)cc2C[C@@H]1C. The van der Waals surface area contributed by atoms with Gasteiger partial charge in [-0.25, -0.2) is 8.42 Å². The van der Waals surface area contributed by atoms with E-state index in [-0.39, 0.29) is 22.8 Å². The zero-order valence-electron chi connectivity index (χ0n) is 19.4. The molecule has 2 atom stereocenters. The number of fused-ring (bicyclic) bond motifs is 1. The summed E-state index contributed by atoms with van der Waals surface area (Å²) in [5.41, 5.74) is 4.31. The van der Waals surface area contributed by atoms with Crippen molar-refractivity contribution in [3.8, 4) is 0 Å². The highest BCUT2D eigenvalue weighted by molar-refractivity contribution is 7.89. The summed E-state index contributed by atoms with van der Waals surface area (Å²) in [7, 11) is -3.95. The molecule has 0 saturated heterocycles. The first-order valence-electron chi connectivity index (χ1n) is 10.7. The number of rotatable bonds is 6. The van der Waals surface area contributed by atoms with Gasteiger partial charge in [-0.3, -0.25) is 9.59 Å². The van der Waals surface area contributed by atoms with E-state index in [1.165, 1.54) is 13.0 Å². The van der Waals surface area contributed by atoms with Crippen molar-refractivity contribution in [1.82, 2.24) is 4.72 Å². The van der Waals surface area contributed by atoms with Gasteiger partial charge in [0.2, 0.25) is 21.8 Å². The smallest absolute Gasteiger partial charge is 0.242 e. The molecular weight excluding hydrogens is 426 g/mol. The molecular formula is C24H31N3O4S. The average Bonchev–Trinajstić information content (AvgIpc) is 3.03. The third-order valence-corrected chi connectivity index (χ3v) is 7.36. The van der Waals surface area contributed by atoms with Crippen molar-refractivity contribution in [3.63, 3.8) is 0 Å². The molecule has 32 heavy (non-hydrogen) atoms. The van der Waals surface area contributed by atoms with Gasteiger partial charge in [0.05, 0.1) is 4.90 Å². The third kappa shape index (κ3) is 4.86. The normalized spacial score (nSPS) is 16.7. The molecule has 2 amide bonds. The predicted molar refractivity (Wildman–Crippen MR) is 126 cm³/mol. The van der Waals surface area contributed by atoms with E-state index in [0.717, 1.165) is 22.4 Å². The Kier molecular flexibility index (Phi) is 6.76. The summed E-state index contributed by atoms with van der Waals surface area (Å²) in [5.74, 6) is -0.754. The van der Waals surface area contributed by atoms with Crippen LogP contribution in [0.25, 0.3) is 0 Å². The minimum atomic E-state index is -3.95. The number of carbonyl (C=O) groups excluding carboxylic acids is 2. The molecule has 0 radical (unpaired) electrons. The van der Waals surface area contributed by atoms with Crippen LogP contribution in [0, 0.1) is 19.8 Å². The van der Waals surface area contributed by atoms with Crippen LogP contribution in [-0.2, 0) is 26.0 Å². The minimum absolute atomic E-state index is 0.0273. The summed E-state index contributed by atoms with van der Waals surface area (Å²) in [5, 5.41) is 2.82. The molecule has 0 aromatic heterocycles. The van der Waals surface area contributed by atoms with Gasteiger partial charge in [-0.15, -0.1) is 0 Å². The van der Waals surface area contributed by atoms with Gasteiger partial charge in [-0.2, -0.15) is 4.72 Å². The van der Waals surface area contributed by atoms with E-state index in [1.807, 2.05) is 32.9 Å². The minimum Gasteiger partial charge on any atom is -0.325 e. The van der Waals surface area contributed by atoms with Crippen molar-refractivity contribution < 1.29 is 18.0 Å². The molecule has 1 aliphatic rings. The molecule has 1 heterocycles. The van der Waals surface area contributed by atoms with E-state index in [2.05, 4.69) is 10.0 Å². The van der Waals surface area contributed by atoms with E-state index in [4.69, 9.17) is 0 Å². The lowest BCUT2D eigenvalue weighted by Crippen LogP contribution is -2.47. The van der Waals surface area contributed by atoms with E-state index in [1.54, 1.807) is 36.9 Å². The van der Waals surface area contributed by atoms with Crippen LogP contribution in [0.3, 0.4) is 0 Å². The molecule has 0 unspecified atom stereocenters. The van der Waals surface area contributed by atoms with Crippen molar-refractivity contribution in [1.29, 1.82) is 0 Å². The van der Waals surface area contributed by atoms with E-state index < -0.39 is 22.0 Å². The summed E-state index contributed by atoms with van der Waals surface area (Å²) in [6, 6.07) is 9.34. The molecule has 0 saturated carbocycles. The van der Waals surface area contributed by atoms with Crippen LogP contribution < -0.4 is 14.9 Å². The number of nitrogens with one attached hydrogen (secondary N) is 2. The summed E-state index contributed by atoms with van der Waals surface area (Å²) < 4.78 is 28.8. The fourth-order valence-corrected chi connectivity index (χ4v) is 5.42. The Balaban J connectivity index is 1.83. The predicted octanol–water partition coefficient (Wildman–Crippen LogP) is 3.54. The molecule has 8 heteroatoms. The van der Waals surface area contributed by atoms with Crippen molar-refractivity contribution in [2.45, 2.75) is 64.9 Å². The maximum Gasteiger partial charge on any atom is 0.242 e. The number of sulfonamides is 1. The lowest BCUT2D eigenvalue weighted by atomic mass is 10.0. The molecule has 0 bridgehead atoms. The maximum atomic E-state index is 13.1. The Morgan fingerprint density at radius 1 is 1.06 bits per heavy atom. The molecule has 1 aliphatic heterocycles. The number of carbonyl (C=O) groups is 2. The first-order chi connectivity index (χ1) is 14.9. The Morgan fingerprint density at radius 2 is 1.75 bits per heavy atom. The second-order valence-corrected chi connectivity index (χ2v) is 10.6. The third-order valence-electron chi connectivity index (χ3n) is 5.92. The fraction of sp³-hybridized carbons (Fsp3) is 0.417. The van der Waals surface area contributed by atoms with Crippen molar-refractivity contribution in [2.75, 3.05) is 10.2 Å². The Labute approximate surface area is 190 Å². The van der Waals surface area contributed by atoms with Gasteiger partial charge >= 0.3 is 0 Å². The Morgan fingerprint density at radius 3 is 2.34 bits per heavy atom. The van der Waals surface area contributed by atoms with Crippen LogP contribution in [0.5, 0.6) is 0 Å². The van der Waals surface area contributed by atoms with Crippen LogP contribution in [0.2, 0.25) is 0 Å². The summed E-state index contributed by atoms with van der Waals surface area (Å²) in [6.07, 6.45) is 0.582. The highest BCUT2D eigenvalue weighted by atomic mass is 32.2. The number of aryl methyl sites for hydroxylation is 2. The van der Waals surface area contributed by atoms with E-state index in [0.29, 0.717) is 12.1 Å². The number of benzene rings is 2. The molecule has 2 aromatic rings.